The lowest BCUT2D eigenvalue weighted by molar-refractivity contribution is 0.552. The topological polar surface area (TPSA) is 63.8 Å². The van der Waals surface area contributed by atoms with E-state index in [-0.39, 0.29) is 5.82 Å². The molecule has 6 heteroatoms. The van der Waals surface area contributed by atoms with Gasteiger partial charge in [-0.25, -0.2) is 9.82 Å². The van der Waals surface area contributed by atoms with Gasteiger partial charge in [0.25, 0.3) is 0 Å². The van der Waals surface area contributed by atoms with Crippen molar-refractivity contribution in [3.05, 3.63) is 46.2 Å². The molecule has 84 valence electrons. The summed E-state index contributed by atoms with van der Waals surface area (Å²) in [4.78, 5) is 0. The standard InChI is InChI=1S/C10H11FN4S/c1-6-2-3-8(11)7(4-6)10(13-12)9-5-16-15-14-9/h2-5,10,13H,12H2,1H3. The van der Waals surface area contributed by atoms with Gasteiger partial charge in [-0.05, 0) is 24.5 Å². The van der Waals surface area contributed by atoms with E-state index < -0.39 is 6.04 Å². The highest BCUT2D eigenvalue weighted by atomic mass is 32.1. The number of hydrogen-bond donors (Lipinski definition) is 2. The Hall–Kier alpha value is -1.37. The van der Waals surface area contributed by atoms with E-state index >= 15 is 0 Å². The van der Waals surface area contributed by atoms with Crippen LogP contribution < -0.4 is 11.3 Å². The molecule has 3 N–H and O–H groups in total. The minimum atomic E-state index is -0.460. The maximum atomic E-state index is 13.7. The van der Waals surface area contributed by atoms with Crippen molar-refractivity contribution in [1.82, 2.24) is 15.0 Å². The molecule has 1 heterocycles. The van der Waals surface area contributed by atoms with Crippen molar-refractivity contribution >= 4 is 11.5 Å². The summed E-state index contributed by atoms with van der Waals surface area (Å²) in [6.07, 6.45) is 0. The maximum absolute atomic E-state index is 13.7. The molecule has 0 bridgehead atoms. The molecule has 0 radical (unpaired) electrons. The second-order valence-corrected chi connectivity index (χ2v) is 4.06. The highest BCUT2D eigenvalue weighted by Crippen LogP contribution is 2.23. The monoisotopic (exact) mass is 238 g/mol. The largest absolute Gasteiger partial charge is 0.271 e. The fourth-order valence-corrected chi connectivity index (χ4v) is 2.00. The summed E-state index contributed by atoms with van der Waals surface area (Å²) in [7, 11) is 0. The van der Waals surface area contributed by atoms with E-state index in [0.29, 0.717) is 11.3 Å². The van der Waals surface area contributed by atoms with Crippen molar-refractivity contribution in [3.63, 3.8) is 0 Å². The smallest absolute Gasteiger partial charge is 0.128 e. The number of hydrogen-bond acceptors (Lipinski definition) is 5. The number of benzene rings is 1. The first kappa shape index (κ1) is 11.1. The number of nitrogens with two attached hydrogens (primary N) is 1. The van der Waals surface area contributed by atoms with E-state index in [1.165, 1.54) is 17.6 Å². The Morgan fingerprint density at radius 2 is 2.31 bits per heavy atom. The lowest BCUT2D eigenvalue weighted by Gasteiger charge is -2.14. The average Bonchev–Trinajstić information content (AvgIpc) is 2.78. The first-order valence-corrected chi connectivity index (χ1v) is 5.55. The van der Waals surface area contributed by atoms with E-state index in [1.807, 2.05) is 6.92 Å². The summed E-state index contributed by atoms with van der Waals surface area (Å²) in [6, 6.07) is 4.43. The summed E-state index contributed by atoms with van der Waals surface area (Å²) in [5.41, 5.74) is 4.63. The third-order valence-corrected chi connectivity index (χ3v) is 2.82. The van der Waals surface area contributed by atoms with Gasteiger partial charge in [0.1, 0.15) is 5.82 Å². The molecule has 0 aliphatic carbocycles. The normalized spacial score (nSPS) is 12.7. The highest BCUT2D eigenvalue weighted by Gasteiger charge is 2.18. The van der Waals surface area contributed by atoms with E-state index in [0.717, 1.165) is 5.56 Å². The number of aryl methyl sites for hydroxylation is 1. The minimum absolute atomic E-state index is 0.304. The van der Waals surface area contributed by atoms with Gasteiger partial charge in [-0.2, -0.15) is 0 Å². The van der Waals surface area contributed by atoms with Crippen LogP contribution >= 0.6 is 11.5 Å². The second kappa shape index (κ2) is 4.65. The van der Waals surface area contributed by atoms with Gasteiger partial charge in [0.05, 0.1) is 11.7 Å². The third-order valence-electron chi connectivity index (χ3n) is 2.30. The van der Waals surface area contributed by atoms with Crippen LogP contribution in [0, 0.1) is 12.7 Å². The van der Waals surface area contributed by atoms with E-state index in [9.17, 15) is 4.39 Å². The van der Waals surface area contributed by atoms with E-state index in [1.54, 1.807) is 17.5 Å². The van der Waals surface area contributed by atoms with E-state index in [2.05, 4.69) is 15.0 Å². The highest BCUT2D eigenvalue weighted by molar-refractivity contribution is 7.03. The van der Waals surface area contributed by atoms with Crippen molar-refractivity contribution < 1.29 is 4.39 Å². The van der Waals surface area contributed by atoms with Crippen molar-refractivity contribution in [2.24, 2.45) is 5.84 Å². The first-order valence-electron chi connectivity index (χ1n) is 4.71. The summed E-state index contributed by atoms with van der Waals surface area (Å²) in [5, 5.41) is 5.64. The van der Waals surface area contributed by atoms with Crippen molar-refractivity contribution in [2.75, 3.05) is 0 Å². The van der Waals surface area contributed by atoms with Gasteiger partial charge in [0, 0.05) is 10.9 Å². The molecular weight excluding hydrogens is 227 g/mol. The van der Waals surface area contributed by atoms with Crippen LogP contribution in [0.2, 0.25) is 0 Å². The number of nitrogens with one attached hydrogen (secondary N) is 1. The molecule has 0 spiro atoms. The predicted molar refractivity (Wildman–Crippen MR) is 60.2 cm³/mol. The molecule has 0 fully saturated rings. The molecular formula is C10H11FN4S. The summed E-state index contributed by atoms with van der Waals surface area (Å²) in [5.74, 6) is 5.13. The van der Waals surface area contributed by atoms with Crippen LogP contribution in [0.5, 0.6) is 0 Å². The average molecular weight is 238 g/mol. The van der Waals surface area contributed by atoms with Crippen LogP contribution in [0.4, 0.5) is 4.39 Å². The van der Waals surface area contributed by atoms with Crippen LogP contribution in [-0.4, -0.2) is 9.59 Å². The summed E-state index contributed by atoms with van der Waals surface area (Å²) >= 11 is 1.21. The minimum Gasteiger partial charge on any atom is -0.271 e. The summed E-state index contributed by atoms with van der Waals surface area (Å²) < 4.78 is 17.4. The Bertz CT molecular complexity index is 472. The molecule has 1 atom stereocenters. The maximum Gasteiger partial charge on any atom is 0.128 e. The van der Waals surface area contributed by atoms with Crippen LogP contribution in [0.3, 0.4) is 0 Å². The fourth-order valence-electron chi connectivity index (χ4n) is 1.52. The molecule has 0 saturated carbocycles. The van der Waals surface area contributed by atoms with Gasteiger partial charge >= 0.3 is 0 Å². The Morgan fingerprint density at radius 3 is 2.94 bits per heavy atom. The lowest BCUT2D eigenvalue weighted by atomic mass is 10.0. The first-order chi connectivity index (χ1) is 7.72. The molecule has 2 aromatic rings. The van der Waals surface area contributed by atoms with Gasteiger partial charge in [0.15, 0.2) is 0 Å². The zero-order chi connectivity index (χ0) is 11.5. The van der Waals surface area contributed by atoms with Gasteiger partial charge in [-0.3, -0.25) is 5.84 Å². The summed E-state index contributed by atoms with van der Waals surface area (Å²) in [6.45, 7) is 1.90. The van der Waals surface area contributed by atoms with Crippen LogP contribution in [0.25, 0.3) is 0 Å². The number of halogens is 1. The van der Waals surface area contributed by atoms with Gasteiger partial charge in [-0.15, -0.1) is 5.10 Å². The Morgan fingerprint density at radius 1 is 1.50 bits per heavy atom. The molecule has 1 unspecified atom stereocenters. The zero-order valence-corrected chi connectivity index (χ0v) is 9.46. The molecule has 1 aromatic carbocycles. The Kier molecular flexibility index (Phi) is 3.23. The fraction of sp³-hybridized carbons (Fsp3) is 0.200. The van der Waals surface area contributed by atoms with Gasteiger partial charge in [-0.1, -0.05) is 22.2 Å². The van der Waals surface area contributed by atoms with Crippen molar-refractivity contribution in [3.8, 4) is 0 Å². The van der Waals surface area contributed by atoms with Gasteiger partial charge in [0.2, 0.25) is 0 Å². The second-order valence-electron chi connectivity index (χ2n) is 3.45. The SMILES string of the molecule is Cc1ccc(F)c(C(NN)c2csnn2)c1. The number of rotatable bonds is 3. The molecule has 4 nitrogen and oxygen atoms in total. The van der Waals surface area contributed by atoms with Crippen molar-refractivity contribution in [2.45, 2.75) is 13.0 Å². The molecule has 0 saturated heterocycles. The molecule has 2 rings (SSSR count). The van der Waals surface area contributed by atoms with Crippen LogP contribution in [-0.2, 0) is 0 Å². The number of nitrogens with zero attached hydrogens (tertiary/aromatic N) is 2. The van der Waals surface area contributed by atoms with Crippen molar-refractivity contribution in [1.29, 1.82) is 0 Å². The number of hydrazine groups is 1. The predicted octanol–water partition coefficient (Wildman–Crippen LogP) is 1.54. The molecule has 0 amide bonds. The molecule has 0 aliphatic heterocycles. The molecule has 1 aromatic heterocycles. The van der Waals surface area contributed by atoms with E-state index in [4.69, 9.17) is 5.84 Å². The Balaban J connectivity index is 2.44. The van der Waals surface area contributed by atoms with Crippen LogP contribution in [0.1, 0.15) is 22.9 Å². The quantitative estimate of drug-likeness (QED) is 0.629. The Labute approximate surface area is 96.4 Å². The number of aromatic nitrogens is 2. The van der Waals surface area contributed by atoms with Gasteiger partial charge < -0.3 is 0 Å². The molecule has 16 heavy (non-hydrogen) atoms. The molecule has 0 aliphatic rings. The zero-order valence-electron chi connectivity index (χ0n) is 8.64. The lowest BCUT2D eigenvalue weighted by Crippen LogP contribution is -2.29. The third kappa shape index (κ3) is 2.08. The van der Waals surface area contributed by atoms with Crippen LogP contribution in [0.15, 0.2) is 23.6 Å².